The number of phenols is 1. The summed E-state index contributed by atoms with van der Waals surface area (Å²) in [7, 11) is 0. The van der Waals surface area contributed by atoms with Gasteiger partial charge in [-0.2, -0.15) is 0 Å². The lowest BCUT2D eigenvalue weighted by molar-refractivity contribution is -0.126. The van der Waals surface area contributed by atoms with Crippen LogP contribution in [-0.4, -0.2) is 72.5 Å². The van der Waals surface area contributed by atoms with E-state index in [1.807, 2.05) is 4.90 Å². The van der Waals surface area contributed by atoms with Crippen molar-refractivity contribution < 1.29 is 23.8 Å². The second kappa shape index (κ2) is 10.6. The van der Waals surface area contributed by atoms with E-state index >= 15 is 0 Å². The Bertz CT molecular complexity index is 1140. The molecule has 4 N–H and O–H groups in total. The SMILES string of the molecule is NC(=S)NC[C@H]1CN(c2ccc(N3CCN(C(=O)C=Cc4ccc(O)cc4)CC3)c(F)c2)C(=O)O1. The average molecular weight is 500 g/mol. The van der Waals surface area contributed by atoms with E-state index in [9.17, 15) is 19.1 Å². The molecule has 2 saturated heterocycles. The molecule has 4 rings (SSSR count). The van der Waals surface area contributed by atoms with Crippen LogP contribution in [0.4, 0.5) is 20.6 Å². The maximum absolute atomic E-state index is 15.0. The largest absolute Gasteiger partial charge is 0.508 e. The number of ether oxygens (including phenoxy) is 1. The normalized spacial score (nSPS) is 18.1. The third kappa shape index (κ3) is 5.99. The number of anilines is 2. The molecule has 2 aromatic carbocycles. The highest BCUT2D eigenvalue weighted by Crippen LogP contribution is 2.28. The molecule has 184 valence electrons. The van der Waals surface area contributed by atoms with E-state index in [1.54, 1.807) is 47.4 Å². The number of rotatable bonds is 6. The van der Waals surface area contributed by atoms with Crippen LogP contribution in [-0.2, 0) is 9.53 Å². The maximum atomic E-state index is 15.0. The zero-order chi connectivity index (χ0) is 24.9. The number of phenolic OH excluding ortho intramolecular Hbond substituents is 1. The second-order valence-corrected chi connectivity index (χ2v) is 8.67. The lowest BCUT2D eigenvalue weighted by Crippen LogP contribution is -2.48. The molecule has 2 heterocycles. The third-order valence-corrected chi connectivity index (χ3v) is 6.01. The zero-order valence-corrected chi connectivity index (χ0v) is 19.7. The molecule has 35 heavy (non-hydrogen) atoms. The van der Waals surface area contributed by atoms with Crippen LogP contribution in [0.1, 0.15) is 5.56 Å². The standard InChI is InChI=1S/C24H26FN5O4S/c25-20-13-17(30-15-19(34-24(30)33)14-27-23(26)35)4-7-21(20)28-9-11-29(12-10-28)22(32)8-3-16-1-5-18(31)6-2-16/h1-8,13,19,31H,9-12,14-15H2,(H3,26,27,35)/t19-/m0/s1. The van der Waals surface area contributed by atoms with E-state index in [-0.39, 0.29) is 29.9 Å². The minimum absolute atomic E-state index is 0.116. The van der Waals surface area contributed by atoms with Gasteiger partial charge >= 0.3 is 6.09 Å². The molecule has 11 heteroatoms. The second-order valence-electron chi connectivity index (χ2n) is 8.23. The van der Waals surface area contributed by atoms with Crippen molar-refractivity contribution in [3.8, 4) is 5.75 Å². The van der Waals surface area contributed by atoms with Crippen LogP contribution in [0.15, 0.2) is 48.5 Å². The van der Waals surface area contributed by atoms with Crippen molar-refractivity contribution in [3.63, 3.8) is 0 Å². The molecule has 0 unspecified atom stereocenters. The predicted molar refractivity (Wildman–Crippen MR) is 135 cm³/mol. The number of hydrogen-bond acceptors (Lipinski definition) is 6. The van der Waals surface area contributed by atoms with Crippen molar-refractivity contribution in [2.45, 2.75) is 6.10 Å². The number of nitrogens with two attached hydrogens (primary N) is 1. The molecule has 0 bridgehead atoms. The molecule has 2 amide bonds. The highest BCUT2D eigenvalue weighted by molar-refractivity contribution is 7.80. The summed E-state index contributed by atoms with van der Waals surface area (Å²) in [5, 5.41) is 12.2. The molecule has 1 atom stereocenters. The number of amides is 2. The van der Waals surface area contributed by atoms with E-state index < -0.39 is 18.0 Å². The molecule has 0 radical (unpaired) electrons. The highest BCUT2D eigenvalue weighted by Gasteiger charge is 2.33. The number of hydrogen-bond donors (Lipinski definition) is 3. The summed E-state index contributed by atoms with van der Waals surface area (Å²) in [6.45, 7) is 2.41. The van der Waals surface area contributed by atoms with Gasteiger partial charge in [-0.1, -0.05) is 12.1 Å². The van der Waals surface area contributed by atoms with Gasteiger partial charge in [0.1, 0.15) is 17.7 Å². The Balaban J connectivity index is 1.33. The summed E-state index contributed by atoms with van der Waals surface area (Å²) in [6.07, 6.45) is 2.19. The zero-order valence-electron chi connectivity index (χ0n) is 18.9. The predicted octanol–water partition coefficient (Wildman–Crippen LogP) is 2.05. The number of halogens is 1. The van der Waals surface area contributed by atoms with Gasteiger partial charge in [0.2, 0.25) is 5.91 Å². The van der Waals surface area contributed by atoms with Crippen LogP contribution in [0.5, 0.6) is 5.75 Å². The monoisotopic (exact) mass is 499 g/mol. The van der Waals surface area contributed by atoms with Crippen LogP contribution in [0.2, 0.25) is 0 Å². The summed E-state index contributed by atoms with van der Waals surface area (Å²) in [6, 6.07) is 11.2. The van der Waals surface area contributed by atoms with Crippen molar-refractivity contribution in [2.75, 3.05) is 49.1 Å². The fourth-order valence-electron chi connectivity index (χ4n) is 4.00. The molecule has 0 aliphatic carbocycles. The van der Waals surface area contributed by atoms with Gasteiger partial charge in [-0.3, -0.25) is 9.69 Å². The maximum Gasteiger partial charge on any atom is 0.414 e. The topological polar surface area (TPSA) is 111 Å². The lowest BCUT2D eigenvalue weighted by Gasteiger charge is -2.36. The number of piperazine rings is 1. The molecule has 2 aromatic rings. The van der Waals surface area contributed by atoms with Gasteiger partial charge < -0.3 is 30.7 Å². The van der Waals surface area contributed by atoms with Gasteiger partial charge in [0.05, 0.1) is 24.5 Å². The number of benzene rings is 2. The van der Waals surface area contributed by atoms with E-state index in [0.29, 0.717) is 37.6 Å². The minimum atomic E-state index is -0.556. The number of carbonyl (C=O) groups is 2. The molecule has 0 aromatic heterocycles. The first kappa shape index (κ1) is 24.3. The molecule has 0 saturated carbocycles. The molecule has 9 nitrogen and oxygen atoms in total. The Hall–Kier alpha value is -3.86. The first-order valence-corrected chi connectivity index (χ1v) is 11.5. The fourth-order valence-corrected chi connectivity index (χ4v) is 4.08. The Morgan fingerprint density at radius 3 is 2.57 bits per heavy atom. The van der Waals surface area contributed by atoms with Gasteiger partial charge in [-0.15, -0.1) is 0 Å². The first-order valence-electron chi connectivity index (χ1n) is 11.1. The number of carbonyl (C=O) groups excluding carboxylic acids is 2. The number of nitrogens with one attached hydrogen (secondary N) is 1. The van der Waals surface area contributed by atoms with Crippen molar-refractivity contribution in [3.05, 3.63) is 59.9 Å². The van der Waals surface area contributed by atoms with Gasteiger partial charge in [0, 0.05) is 32.3 Å². The van der Waals surface area contributed by atoms with E-state index in [2.05, 4.69) is 5.32 Å². The molecular weight excluding hydrogens is 473 g/mol. The molecule has 0 spiro atoms. The Morgan fingerprint density at radius 1 is 1.20 bits per heavy atom. The number of thiocarbonyl (C=S) groups is 1. The van der Waals surface area contributed by atoms with Crippen LogP contribution in [0, 0.1) is 5.82 Å². The Morgan fingerprint density at radius 2 is 1.91 bits per heavy atom. The summed E-state index contributed by atoms with van der Waals surface area (Å²) in [5.41, 5.74) is 7.04. The molecule has 2 fully saturated rings. The van der Waals surface area contributed by atoms with E-state index in [0.717, 1.165) is 5.56 Å². The molecular formula is C24H26FN5O4S. The van der Waals surface area contributed by atoms with Gasteiger partial charge in [0.25, 0.3) is 0 Å². The van der Waals surface area contributed by atoms with Crippen molar-refractivity contribution in [1.29, 1.82) is 0 Å². The first-order chi connectivity index (χ1) is 16.8. The summed E-state index contributed by atoms with van der Waals surface area (Å²) >= 11 is 4.76. The minimum Gasteiger partial charge on any atom is -0.508 e. The number of aromatic hydroxyl groups is 1. The van der Waals surface area contributed by atoms with Gasteiger partial charge in [-0.05, 0) is 54.2 Å². The van der Waals surface area contributed by atoms with Crippen LogP contribution < -0.4 is 20.9 Å². The van der Waals surface area contributed by atoms with Crippen LogP contribution in [0.25, 0.3) is 6.08 Å². The third-order valence-electron chi connectivity index (χ3n) is 5.86. The Labute approximate surface area is 207 Å². The summed E-state index contributed by atoms with van der Waals surface area (Å²) in [4.78, 5) is 29.7. The van der Waals surface area contributed by atoms with Crippen molar-refractivity contribution >= 4 is 46.8 Å². The molecule has 2 aliphatic heterocycles. The Kier molecular flexibility index (Phi) is 7.35. The summed E-state index contributed by atoms with van der Waals surface area (Å²) in [5.74, 6) is -0.410. The number of cyclic esters (lactones) is 1. The summed E-state index contributed by atoms with van der Waals surface area (Å²) < 4.78 is 20.3. The fraction of sp³-hybridized carbons (Fsp3) is 0.292. The van der Waals surface area contributed by atoms with Gasteiger partial charge in [0.15, 0.2) is 5.11 Å². The smallest absolute Gasteiger partial charge is 0.414 e. The van der Waals surface area contributed by atoms with E-state index in [4.69, 9.17) is 22.7 Å². The van der Waals surface area contributed by atoms with E-state index in [1.165, 1.54) is 17.0 Å². The van der Waals surface area contributed by atoms with Crippen LogP contribution in [0.3, 0.4) is 0 Å². The lowest BCUT2D eigenvalue weighted by atomic mass is 10.2. The van der Waals surface area contributed by atoms with Crippen LogP contribution >= 0.6 is 12.2 Å². The van der Waals surface area contributed by atoms with Crippen molar-refractivity contribution in [1.82, 2.24) is 10.2 Å². The quantitative estimate of drug-likeness (QED) is 0.409. The molecule has 2 aliphatic rings. The average Bonchev–Trinajstić information content (AvgIpc) is 3.22. The van der Waals surface area contributed by atoms with Gasteiger partial charge in [-0.25, -0.2) is 9.18 Å². The highest BCUT2D eigenvalue weighted by atomic mass is 32.1. The van der Waals surface area contributed by atoms with Crippen molar-refractivity contribution in [2.24, 2.45) is 5.73 Å². The number of nitrogens with zero attached hydrogens (tertiary/aromatic N) is 3.